The van der Waals surface area contributed by atoms with Gasteiger partial charge in [-0.3, -0.25) is 9.69 Å². The van der Waals surface area contributed by atoms with E-state index in [0.29, 0.717) is 30.3 Å². The highest BCUT2D eigenvalue weighted by molar-refractivity contribution is 7.17. The standard InChI is InChI=1S/C21H24N2O4S/c1-26-21(25)19-15-7-3-5-9-17(15)28-20(19)22-18(24)13-23-10-11-27-16-8-4-2-6-14(16)12-23/h2,4,6,8H,3,5,7,9-13H2,1H3,(H,22,24). The third-order valence-electron chi connectivity index (χ3n) is 5.21. The summed E-state index contributed by atoms with van der Waals surface area (Å²) in [6.07, 6.45) is 4.01. The van der Waals surface area contributed by atoms with Gasteiger partial charge in [-0.05, 0) is 37.3 Å². The number of anilines is 1. The minimum atomic E-state index is -0.369. The van der Waals surface area contributed by atoms with Crippen LogP contribution in [0.25, 0.3) is 0 Å². The van der Waals surface area contributed by atoms with Gasteiger partial charge in [0.2, 0.25) is 5.91 Å². The first kappa shape index (κ1) is 19.0. The zero-order valence-corrected chi connectivity index (χ0v) is 16.8. The van der Waals surface area contributed by atoms with Crippen molar-refractivity contribution in [2.24, 2.45) is 0 Å². The smallest absolute Gasteiger partial charge is 0.341 e. The lowest BCUT2D eigenvalue weighted by atomic mass is 9.95. The van der Waals surface area contributed by atoms with E-state index in [0.717, 1.165) is 42.6 Å². The Morgan fingerprint density at radius 1 is 1.25 bits per heavy atom. The van der Waals surface area contributed by atoms with Crippen molar-refractivity contribution in [1.82, 2.24) is 4.90 Å². The molecule has 1 aromatic heterocycles. The number of esters is 1. The van der Waals surface area contributed by atoms with E-state index in [1.54, 1.807) is 0 Å². The van der Waals surface area contributed by atoms with Gasteiger partial charge in [0, 0.05) is 23.5 Å². The molecule has 2 aliphatic rings. The number of amides is 1. The number of rotatable bonds is 4. The van der Waals surface area contributed by atoms with Gasteiger partial charge in [-0.1, -0.05) is 18.2 Å². The second-order valence-corrected chi connectivity index (χ2v) is 8.23. The lowest BCUT2D eigenvalue weighted by Gasteiger charge is -2.18. The molecule has 1 aliphatic heterocycles. The Kier molecular flexibility index (Phi) is 5.64. The third kappa shape index (κ3) is 3.91. The Morgan fingerprint density at radius 3 is 2.93 bits per heavy atom. The zero-order chi connectivity index (χ0) is 19.5. The van der Waals surface area contributed by atoms with E-state index in [1.807, 2.05) is 24.3 Å². The van der Waals surface area contributed by atoms with E-state index in [1.165, 1.54) is 23.3 Å². The number of hydrogen-bond donors (Lipinski definition) is 1. The number of aryl methyl sites for hydroxylation is 1. The van der Waals surface area contributed by atoms with Crippen LogP contribution in [0.2, 0.25) is 0 Å². The highest BCUT2D eigenvalue weighted by Crippen LogP contribution is 2.38. The van der Waals surface area contributed by atoms with Crippen molar-refractivity contribution in [2.75, 3.05) is 32.1 Å². The molecule has 0 saturated heterocycles. The molecule has 1 aliphatic carbocycles. The van der Waals surface area contributed by atoms with Gasteiger partial charge in [-0.2, -0.15) is 0 Å². The normalized spacial score (nSPS) is 16.3. The summed E-state index contributed by atoms with van der Waals surface area (Å²) < 4.78 is 10.7. The number of nitrogens with one attached hydrogen (secondary N) is 1. The topological polar surface area (TPSA) is 67.9 Å². The van der Waals surface area contributed by atoms with Gasteiger partial charge in [-0.25, -0.2) is 4.79 Å². The maximum Gasteiger partial charge on any atom is 0.341 e. The summed E-state index contributed by atoms with van der Waals surface area (Å²) in [6.45, 7) is 2.13. The molecule has 4 rings (SSSR count). The van der Waals surface area contributed by atoms with Gasteiger partial charge >= 0.3 is 5.97 Å². The molecule has 0 radical (unpaired) electrons. The van der Waals surface area contributed by atoms with Crippen LogP contribution in [-0.4, -0.2) is 43.6 Å². The molecule has 7 heteroatoms. The monoisotopic (exact) mass is 400 g/mol. The minimum absolute atomic E-state index is 0.122. The summed E-state index contributed by atoms with van der Waals surface area (Å²) in [6, 6.07) is 7.91. The number of carbonyl (C=O) groups excluding carboxylic acids is 2. The average molecular weight is 401 g/mol. The summed E-state index contributed by atoms with van der Waals surface area (Å²) in [5.41, 5.74) is 2.67. The van der Waals surface area contributed by atoms with Crippen LogP contribution in [0.4, 0.5) is 5.00 Å². The molecule has 1 aromatic carbocycles. The number of para-hydroxylation sites is 1. The van der Waals surface area contributed by atoms with E-state index >= 15 is 0 Å². The van der Waals surface area contributed by atoms with Crippen LogP contribution in [0.5, 0.6) is 5.75 Å². The highest BCUT2D eigenvalue weighted by Gasteiger charge is 2.27. The molecule has 6 nitrogen and oxygen atoms in total. The molecule has 28 heavy (non-hydrogen) atoms. The molecule has 0 saturated carbocycles. The second kappa shape index (κ2) is 8.32. The van der Waals surface area contributed by atoms with Crippen LogP contribution in [0, 0.1) is 0 Å². The van der Waals surface area contributed by atoms with Crippen molar-refractivity contribution in [3.63, 3.8) is 0 Å². The predicted molar refractivity (Wildman–Crippen MR) is 108 cm³/mol. The van der Waals surface area contributed by atoms with Gasteiger partial charge in [0.1, 0.15) is 17.4 Å². The van der Waals surface area contributed by atoms with Crippen LogP contribution >= 0.6 is 11.3 Å². The maximum atomic E-state index is 12.7. The van der Waals surface area contributed by atoms with Crippen LogP contribution in [0.1, 0.15) is 39.2 Å². The Hall–Kier alpha value is -2.38. The minimum Gasteiger partial charge on any atom is -0.492 e. The highest BCUT2D eigenvalue weighted by atomic mass is 32.1. The van der Waals surface area contributed by atoms with Crippen molar-refractivity contribution in [3.05, 3.63) is 45.8 Å². The fraction of sp³-hybridized carbons (Fsp3) is 0.429. The molecule has 0 fully saturated rings. The molecule has 0 bridgehead atoms. The Bertz CT molecular complexity index is 893. The van der Waals surface area contributed by atoms with E-state index < -0.39 is 0 Å². The maximum absolute atomic E-state index is 12.7. The molecule has 2 heterocycles. The molecule has 1 N–H and O–H groups in total. The van der Waals surface area contributed by atoms with E-state index in [-0.39, 0.29) is 18.4 Å². The van der Waals surface area contributed by atoms with Crippen molar-refractivity contribution in [1.29, 1.82) is 0 Å². The van der Waals surface area contributed by atoms with E-state index in [9.17, 15) is 9.59 Å². The van der Waals surface area contributed by atoms with Crippen molar-refractivity contribution >= 4 is 28.2 Å². The number of benzene rings is 1. The van der Waals surface area contributed by atoms with Crippen LogP contribution in [0.3, 0.4) is 0 Å². The SMILES string of the molecule is COC(=O)c1c(NC(=O)CN2CCOc3ccccc3C2)sc2c1CCCC2. The van der Waals surface area contributed by atoms with Gasteiger partial charge in [0.05, 0.1) is 19.2 Å². The van der Waals surface area contributed by atoms with Gasteiger partial charge in [0.25, 0.3) is 0 Å². The second-order valence-electron chi connectivity index (χ2n) is 7.12. The van der Waals surface area contributed by atoms with Gasteiger partial charge in [-0.15, -0.1) is 11.3 Å². The molecule has 0 unspecified atom stereocenters. The summed E-state index contributed by atoms with van der Waals surface area (Å²) in [5.74, 6) is 0.388. The number of nitrogens with zero attached hydrogens (tertiary/aromatic N) is 1. The predicted octanol–water partition coefficient (Wildman–Crippen LogP) is 3.25. The summed E-state index contributed by atoms with van der Waals surface area (Å²) in [7, 11) is 1.38. The summed E-state index contributed by atoms with van der Waals surface area (Å²) in [4.78, 5) is 28.3. The molecule has 1 amide bonds. The Labute approximate surface area is 168 Å². The number of ether oxygens (including phenoxy) is 2. The Balaban J connectivity index is 1.48. The first-order valence-electron chi connectivity index (χ1n) is 9.61. The van der Waals surface area contributed by atoms with Crippen molar-refractivity contribution < 1.29 is 19.1 Å². The lowest BCUT2D eigenvalue weighted by Crippen LogP contribution is -2.34. The van der Waals surface area contributed by atoms with Gasteiger partial charge in [0.15, 0.2) is 0 Å². The number of methoxy groups -OCH3 is 1. The largest absolute Gasteiger partial charge is 0.492 e. The molecule has 2 aromatic rings. The quantitative estimate of drug-likeness (QED) is 0.798. The van der Waals surface area contributed by atoms with Gasteiger partial charge < -0.3 is 14.8 Å². The fourth-order valence-electron chi connectivity index (χ4n) is 3.86. The third-order valence-corrected chi connectivity index (χ3v) is 6.42. The van der Waals surface area contributed by atoms with E-state index in [2.05, 4.69) is 10.2 Å². The van der Waals surface area contributed by atoms with Crippen molar-refractivity contribution in [2.45, 2.75) is 32.2 Å². The number of fused-ring (bicyclic) bond motifs is 2. The number of thiophene rings is 1. The van der Waals surface area contributed by atoms with Crippen LogP contribution in [-0.2, 0) is 28.9 Å². The van der Waals surface area contributed by atoms with E-state index in [4.69, 9.17) is 9.47 Å². The molecule has 148 valence electrons. The molecule has 0 spiro atoms. The van der Waals surface area contributed by atoms with Crippen molar-refractivity contribution in [3.8, 4) is 5.75 Å². The Morgan fingerprint density at radius 2 is 2.07 bits per heavy atom. The molecular weight excluding hydrogens is 376 g/mol. The summed E-state index contributed by atoms with van der Waals surface area (Å²) >= 11 is 1.51. The van der Waals surface area contributed by atoms with Crippen LogP contribution in [0.15, 0.2) is 24.3 Å². The molecule has 0 atom stereocenters. The number of hydrogen-bond acceptors (Lipinski definition) is 6. The average Bonchev–Trinajstić information content (AvgIpc) is 2.92. The number of carbonyl (C=O) groups is 2. The zero-order valence-electron chi connectivity index (χ0n) is 16.0. The fourth-order valence-corrected chi connectivity index (χ4v) is 5.15. The van der Waals surface area contributed by atoms with Crippen LogP contribution < -0.4 is 10.1 Å². The molecular formula is C21H24N2O4S. The summed E-state index contributed by atoms with van der Waals surface area (Å²) in [5, 5.41) is 3.59. The first-order valence-corrected chi connectivity index (χ1v) is 10.4. The lowest BCUT2D eigenvalue weighted by molar-refractivity contribution is -0.117. The first-order chi connectivity index (χ1) is 13.7.